The third-order valence-corrected chi connectivity index (χ3v) is 6.38. The third-order valence-electron chi connectivity index (χ3n) is 6.38. The zero-order chi connectivity index (χ0) is 25.9. The molecule has 192 valence electrons. The average Bonchev–Trinajstić information content (AvgIpc) is 2.92. The molecule has 0 saturated carbocycles. The third kappa shape index (κ3) is 7.81. The van der Waals surface area contributed by atoms with Crippen LogP contribution in [0, 0.1) is 0 Å². The summed E-state index contributed by atoms with van der Waals surface area (Å²) in [5.74, 6) is 0.813. The van der Waals surface area contributed by atoms with E-state index in [1.165, 1.54) is 51.0 Å². The van der Waals surface area contributed by atoms with E-state index in [1.54, 1.807) is 36.4 Å². The zero-order valence-electron chi connectivity index (χ0n) is 21.4. The summed E-state index contributed by atoms with van der Waals surface area (Å²) in [5, 5.41) is 0.686. The van der Waals surface area contributed by atoms with Gasteiger partial charge in [0.05, 0.1) is 12.2 Å². The van der Waals surface area contributed by atoms with Gasteiger partial charge in [-0.3, -0.25) is 0 Å². The van der Waals surface area contributed by atoms with Crippen LogP contribution in [0.2, 0.25) is 0 Å². The van der Waals surface area contributed by atoms with E-state index in [4.69, 9.17) is 13.9 Å². The summed E-state index contributed by atoms with van der Waals surface area (Å²) >= 11 is 0. The van der Waals surface area contributed by atoms with Crippen LogP contribution in [0.1, 0.15) is 68.6 Å². The fourth-order valence-electron chi connectivity index (χ4n) is 4.25. The van der Waals surface area contributed by atoms with Gasteiger partial charge in [-0.05, 0) is 66.1 Å². The SMILES string of the molecule is CCCCCCCCCCOc1ccc(-c2ccc(C(=O)Oc3ccc4oc(=O)ccc4c3)cc2)cc1. The molecule has 0 aliphatic carbocycles. The quantitative estimate of drug-likeness (QED) is 0.0804. The van der Waals surface area contributed by atoms with Gasteiger partial charge in [0.25, 0.3) is 0 Å². The molecule has 0 amide bonds. The Labute approximate surface area is 218 Å². The van der Waals surface area contributed by atoms with Gasteiger partial charge in [0, 0.05) is 11.5 Å². The van der Waals surface area contributed by atoms with Crippen LogP contribution in [-0.4, -0.2) is 12.6 Å². The van der Waals surface area contributed by atoms with Crippen molar-refractivity contribution >= 4 is 16.9 Å². The molecule has 37 heavy (non-hydrogen) atoms. The lowest BCUT2D eigenvalue weighted by molar-refractivity contribution is 0.0735. The minimum Gasteiger partial charge on any atom is -0.494 e. The molecule has 1 aromatic heterocycles. The number of unbranched alkanes of at least 4 members (excludes halogenated alkanes) is 7. The van der Waals surface area contributed by atoms with Crippen LogP contribution in [0.5, 0.6) is 11.5 Å². The lowest BCUT2D eigenvalue weighted by atomic mass is 10.0. The first-order valence-electron chi connectivity index (χ1n) is 13.2. The Morgan fingerprint density at radius 3 is 2.03 bits per heavy atom. The molecule has 0 radical (unpaired) electrons. The largest absolute Gasteiger partial charge is 0.494 e. The second-order valence-corrected chi connectivity index (χ2v) is 9.27. The number of hydrogen-bond donors (Lipinski definition) is 0. The molecule has 0 fully saturated rings. The highest BCUT2D eigenvalue weighted by Crippen LogP contribution is 2.24. The van der Waals surface area contributed by atoms with Gasteiger partial charge in [-0.1, -0.05) is 76.1 Å². The van der Waals surface area contributed by atoms with Crippen LogP contribution < -0.4 is 15.1 Å². The van der Waals surface area contributed by atoms with E-state index >= 15 is 0 Å². The van der Waals surface area contributed by atoms with Crippen LogP contribution in [0.4, 0.5) is 0 Å². The van der Waals surface area contributed by atoms with Crippen LogP contribution >= 0.6 is 0 Å². The Hall–Kier alpha value is -3.86. The Kier molecular flexibility index (Phi) is 9.53. The number of hydrogen-bond acceptors (Lipinski definition) is 5. The van der Waals surface area contributed by atoms with Crippen molar-refractivity contribution in [2.45, 2.75) is 58.3 Å². The number of benzene rings is 3. The molecule has 0 bridgehead atoms. The zero-order valence-corrected chi connectivity index (χ0v) is 21.4. The predicted molar refractivity (Wildman–Crippen MR) is 147 cm³/mol. The van der Waals surface area contributed by atoms with Crippen molar-refractivity contribution in [1.29, 1.82) is 0 Å². The highest BCUT2D eigenvalue weighted by molar-refractivity contribution is 5.92. The van der Waals surface area contributed by atoms with Gasteiger partial charge < -0.3 is 13.9 Å². The second-order valence-electron chi connectivity index (χ2n) is 9.27. The van der Waals surface area contributed by atoms with Crippen molar-refractivity contribution in [3.8, 4) is 22.6 Å². The van der Waals surface area contributed by atoms with Crippen molar-refractivity contribution in [1.82, 2.24) is 0 Å². The monoisotopic (exact) mass is 498 g/mol. The molecule has 0 aliphatic heterocycles. The normalized spacial score (nSPS) is 10.9. The summed E-state index contributed by atoms with van der Waals surface area (Å²) in [7, 11) is 0. The molecule has 1 heterocycles. The Bertz CT molecular complexity index is 1340. The van der Waals surface area contributed by atoms with Gasteiger partial charge in [0.15, 0.2) is 0 Å². The van der Waals surface area contributed by atoms with E-state index in [9.17, 15) is 9.59 Å². The van der Waals surface area contributed by atoms with E-state index in [-0.39, 0.29) is 0 Å². The molecule has 0 spiro atoms. The summed E-state index contributed by atoms with van der Waals surface area (Å²) in [6, 6.07) is 23.2. The van der Waals surface area contributed by atoms with Crippen molar-refractivity contribution in [3.05, 3.63) is 94.8 Å². The maximum atomic E-state index is 12.6. The summed E-state index contributed by atoms with van der Waals surface area (Å²) in [6.45, 7) is 3.00. The van der Waals surface area contributed by atoms with E-state index in [2.05, 4.69) is 6.92 Å². The van der Waals surface area contributed by atoms with Crippen LogP contribution in [0.3, 0.4) is 0 Å². The highest BCUT2D eigenvalue weighted by atomic mass is 16.5. The van der Waals surface area contributed by atoms with Gasteiger partial charge in [-0.25, -0.2) is 9.59 Å². The molecule has 4 aromatic rings. The van der Waals surface area contributed by atoms with E-state index < -0.39 is 11.6 Å². The molecule has 3 aromatic carbocycles. The summed E-state index contributed by atoms with van der Waals surface area (Å²) in [4.78, 5) is 23.9. The molecule has 0 atom stereocenters. The fraction of sp³-hybridized carbons (Fsp3) is 0.312. The molecule has 0 aliphatic rings. The Balaban J connectivity index is 1.24. The average molecular weight is 499 g/mol. The lowest BCUT2D eigenvalue weighted by Crippen LogP contribution is -2.08. The van der Waals surface area contributed by atoms with Gasteiger partial charge in [-0.15, -0.1) is 0 Å². The fourth-order valence-corrected chi connectivity index (χ4v) is 4.25. The van der Waals surface area contributed by atoms with Crippen molar-refractivity contribution in [2.75, 3.05) is 6.61 Å². The number of esters is 1. The summed E-state index contributed by atoms with van der Waals surface area (Å²) in [5.41, 5.74) is 2.54. The summed E-state index contributed by atoms with van der Waals surface area (Å²) in [6.07, 6.45) is 10.3. The maximum absolute atomic E-state index is 12.6. The molecule has 0 unspecified atom stereocenters. The van der Waals surface area contributed by atoms with E-state index in [0.29, 0.717) is 22.3 Å². The van der Waals surface area contributed by atoms with Crippen LogP contribution in [-0.2, 0) is 0 Å². The molecule has 4 rings (SSSR count). The van der Waals surface area contributed by atoms with Crippen molar-refractivity contribution in [3.63, 3.8) is 0 Å². The first kappa shape index (κ1) is 26.2. The minimum atomic E-state index is -0.451. The van der Waals surface area contributed by atoms with Crippen LogP contribution in [0.25, 0.3) is 22.1 Å². The topological polar surface area (TPSA) is 65.7 Å². The standard InChI is InChI=1S/C32H34O5/c1-2-3-4-5-6-7-8-9-22-35-28-17-14-25(15-18-28)24-10-12-26(13-11-24)32(34)36-29-19-20-30-27(23-29)16-21-31(33)37-30/h10-21,23H,2-9,22H2,1H3. The number of carbonyl (C=O) groups excluding carboxylic acids is 1. The molecule has 5 heteroatoms. The molecular formula is C32H34O5. The van der Waals surface area contributed by atoms with E-state index in [1.807, 2.05) is 36.4 Å². The number of fused-ring (bicyclic) bond motifs is 1. The smallest absolute Gasteiger partial charge is 0.343 e. The molecule has 0 N–H and O–H groups in total. The molecule has 0 saturated heterocycles. The van der Waals surface area contributed by atoms with Gasteiger partial charge in [0.1, 0.15) is 17.1 Å². The van der Waals surface area contributed by atoms with Gasteiger partial charge in [-0.2, -0.15) is 0 Å². The minimum absolute atomic E-state index is 0.387. The Morgan fingerprint density at radius 2 is 1.32 bits per heavy atom. The predicted octanol–water partition coefficient (Wildman–Crippen LogP) is 8.20. The maximum Gasteiger partial charge on any atom is 0.343 e. The molecular weight excluding hydrogens is 464 g/mol. The van der Waals surface area contributed by atoms with Gasteiger partial charge >= 0.3 is 11.6 Å². The Morgan fingerprint density at radius 1 is 0.703 bits per heavy atom. The first-order chi connectivity index (χ1) is 18.1. The number of carbonyl (C=O) groups is 1. The second kappa shape index (κ2) is 13.4. The number of rotatable bonds is 13. The van der Waals surface area contributed by atoms with Crippen molar-refractivity contribution < 1.29 is 18.7 Å². The first-order valence-corrected chi connectivity index (χ1v) is 13.2. The van der Waals surface area contributed by atoms with Crippen molar-refractivity contribution in [2.24, 2.45) is 0 Å². The van der Waals surface area contributed by atoms with E-state index in [0.717, 1.165) is 29.9 Å². The number of ether oxygens (including phenoxy) is 2. The van der Waals surface area contributed by atoms with Crippen LogP contribution in [0.15, 0.2) is 88.1 Å². The molecule has 5 nitrogen and oxygen atoms in total. The van der Waals surface area contributed by atoms with Gasteiger partial charge in [0.2, 0.25) is 0 Å². The highest BCUT2D eigenvalue weighted by Gasteiger charge is 2.10. The summed E-state index contributed by atoms with van der Waals surface area (Å²) < 4.78 is 16.5. The lowest BCUT2D eigenvalue weighted by Gasteiger charge is -2.09.